The molecular formula is C24H18ClN3O3. The van der Waals surface area contributed by atoms with Gasteiger partial charge in [-0.05, 0) is 55.3 Å². The molecule has 154 valence electrons. The van der Waals surface area contributed by atoms with E-state index in [1.165, 1.54) is 23.8 Å². The van der Waals surface area contributed by atoms with Crippen LogP contribution in [0.1, 0.15) is 21.5 Å². The molecule has 7 heteroatoms. The monoisotopic (exact) mass is 431 g/mol. The highest BCUT2D eigenvalue weighted by Gasteiger charge is 2.17. The minimum absolute atomic E-state index is 0.00869. The molecule has 1 N–H and O–H groups in total. The summed E-state index contributed by atoms with van der Waals surface area (Å²) in [6.07, 6.45) is 0. The van der Waals surface area contributed by atoms with Gasteiger partial charge < -0.3 is 5.32 Å². The number of benzene rings is 3. The molecule has 0 spiro atoms. The van der Waals surface area contributed by atoms with E-state index in [0.29, 0.717) is 22.2 Å². The van der Waals surface area contributed by atoms with Gasteiger partial charge in [0.05, 0.1) is 21.7 Å². The molecule has 0 saturated carbocycles. The molecule has 1 heterocycles. The summed E-state index contributed by atoms with van der Waals surface area (Å²) in [5, 5.41) is 14.6. The van der Waals surface area contributed by atoms with Crippen LogP contribution < -0.4 is 5.32 Å². The third kappa shape index (κ3) is 4.11. The highest BCUT2D eigenvalue weighted by molar-refractivity contribution is 6.32. The largest absolute Gasteiger partial charge is 0.322 e. The van der Waals surface area contributed by atoms with Crippen molar-refractivity contribution in [3.05, 3.63) is 98.6 Å². The zero-order valence-electron chi connectivity index (χ0n) is 16.8. The molecule has 3 aromatic carbocycles. The van der Waals surface area contributed by atoms with Crippen molar-refractivity contribution in [2.24, 2.45) is 0 Å². The molecule has 4 rings (SSSR count). The van der Waals surface area contributed by atoms with Gasteiger partial charge >= 0.3 is 0 Å². The Hall–Kier alpha value is -3.77. The second kappa shape index (κ2) is 8.16. The predicted octanol–water partition coefficient (Wildman–Crippen LogP) is 6.33. The predicted molar refractivity (Wildman–Crippen MR) is 123 cm³/mol. The van der Waals surface area contributed by atoms with Crippen LogP contribution in [-0.2, 0) is 0 Å². The molecule has 0 unspecified atom stereocenters. The lowest BCUT2D eigenvalue weighted by atomic mass is 10.0. The second-order valence-electron chi connectivity index (χ2n) is 7.25. The van der Waals surface area contributed by atoms with E-state index in [-0.39, 0.29) is 22.3 Å². The quantitative estimate of drug-likeness (QED) is 0.302. The van der Waals surface area contributed by atoms with Crippen LogP contribution in [0.25, 0.3) is 22.2 Å². The highest BCUT2D eigenvalue weighted by atomic mass is 35.5. The lowest BCUT2D eigenvalue weighted by Gasteiger charge is -2.12. The van der Waals surface area contributed by atoms with Crippen molar-refractivity contribution in [3.63, 3.8) is 0 Å². The maximum atomic E-state index is 13.2. The standard InChI is InChI=1S/C24H18ClN3O3/c1-14-7-8-16(11-15(14)2)22-13-19(18-5-3-4-6-21(18)27-22)24(29)26-17-9-10-20(25)23(12-17)28(30)31/h3-13H,1-2H3,(H,26,29). The molecule has 0 bridgehead atoms. The van der Waals surface area contributed by atoms with Gasteiger partial charge in [0.1, 0.15) is 5.02 Å². The van der Waals surface area contributed by atoms with Crippen molar-refractivity contribution in [1.82, 2.24) is 4.98 Å². The molecule has 1 aromatic heterocycles. The average molecular weight is 432 g/mol. The van der Waals surface area contributed by atoms with E-state index >= 15 is 0 Å². The number of pyridine rings is 1. The number of amides is 1. The highest BCUT2D eigenvalue weighted by Crippen LogP contribution is 2.29. The fourth-order valence-electron chi connectivity index (χ4n) is 3.34. The Balaban J connectivity index is 1.79. The molecule has 6 nitrogen and oxygen atoms in total. The number of aryl methyl sites for hydroxylation is 2. The van der Waals surface area contributed by atoms with E-state index in [4.69, 9.17) is 16.6 Å². The number of anilines is 1. The number of halogens is 1. The van der Waals surface area contributed by atoms with Gasteiger partial charge in [-0.15, -0.1) is 0 Å². The number of para-hydroxylation sites is 1. The Bertz CT molecular complexity index is 1350. The summed E-state index contributed by atoms with van der Waals surface area (Å²) < 4.78 is 0. The Labute approximate surface area is 183 Å². The van der Waals surface area contributed by atoms with Crippen molar-refractivity contribution in [1.29, 1.82) is 0 Å². The molecule has 0 atom stereocenters. The normalized spacial score (nSPS) is 10.8. The molecule has 0 saturated heterocycles. The van der Waals surface area contributed by atoms with Crippen LogP contribution in [-0.4, -0.2) is 15.8 Å². The van der Waals surface area contributed by atoms with Crippen LogP contribution in [0.5, 0.6) is 0 Å². The Kier molecular flexibility index (Phi) is 5.40. The van der Waals surface area contributed by atoms with Crippen LogP contribution >= 0.6 is 11.6 Å². The molecule has 0 radical (unpaired) electrons. The number of fused-ring (bicyclic) bond motifs is 1. The minimum atomic E-state index is -0.586. The minimum Gasteiger partial charge on any atom is -0.322 e. The third-order valence-corrected chi connectivity index (χ3v) is 5.48. The van der Waals surface area contributed by atoms with E-state index in [9.17, 15) is 14.9 Å². The molecular weight excluding hydrogens is 414 g/mol. The summed E-state index contributed by atoms with van der Waals surface area (Å²) in [6, 6.07) is 19.3. The zero-order chi connectivity index (χ0) is 22.1. The van der Waals surface area contributed by atoms with Crippen LogP contribution in [0.2, 0.25) is 5.02 Å². The molecule has 31 heavy (non-hydrogen) atoms. The van der Waals surface area contributed by atoms with Crippen molar-refractivity contribution in [2.45, 2.75) is 13.8 Å². The van der Waals surface area contributed by atoms with Crippen LogP contribution in [0, 0.1) is 24.0 Å². The fourth-order valence-corrected chi connectivity index (χ4v) is 3.53. The number of nitrogens with zero attached hydrogens (tertiary/aromatic N) is 2. The lowest BCUT2D eigenvalue weighted by molar-refractivity contribution is -0.384. The molecule has 4 aromatic rings. The molecule has 1 amide bonds. The van der Waals surface area contributed by atoms with Gasteiger partial charge in [-0.3, -0.25) is 14.9 Å². The maximum Gasteiger partial charge on any atom is 0.289 e. The molecule has 0 aliphatic carbocycles. The van der Waals surface area contributed by atoms with Crippen molar-refractivity contribution < 1.29 is 9.72 Å². The van der Waals surface area contributed by atoms with Gasteiger partial charge in [0.15, 0.2) is 0 Å². The van der Waals surface area contributed by atoms with Gasteiger partial charge in [-0.1, -0.05) is 41.9 Å². The van der Waals surface area contributed by atoms with Crippen molar-refractivity contribution >= 4 is 39.8 Å². The van der Waals surface area contributed by atoms with E-state index in [0.717, 1.165) is 11.1 Å². The van der Waals surface area contributed by atoms with Crippen molar-refractivity contribution in [3.8, 4) is 11.3 Å². The fraction of sp³-hybridized carbons (Fsp3) is 0.0833. The number of rotatable bonds is 4. The van der Waals surface area contributed by atoms with Gasteiger partial charge in [-0.25, -0.2) is 4.98 Å². The first-order valence-electron chi connectivity index (χ1n) is 9.56. The van der Waals surface area contributed by atoms with Crippen LogP contribution in [0.15, 0.2) is 66.7 Å². The number of nitro benzene ring substituents is 1. The van der Waals surface area contributed by atoms with Crippen molar-refractivity contribution in [2.75, 3.05) is 5.32 Å². The number of hydrogen-bond donors (Lipinski definition) is 1. The van der Waals surface area contributed by atoms with Gasteiger partial charge in [0.2, 0.25) is 0 Å². The van der Waals surface area contributed by atoms with Crippen LogP contribution in [0.3, 0.4) is 0 Å². The smallest absolute Gasteiger partial charge is 0.289 e. The van der Waals surface area contributed by atoms with E-state index < -0.39 is 4.92 Å². The first-order chi connectivity index (χ1) is 14.8. The number of carbonyl (C=O) groups excluding carboxylic acids is 1. The average Bonchev–Trinajstić information content (AvgIpc) is 2.76. The summed E-state index contributed by atoms with van der Waals surface area (Å²) in [6.45, 7) is 4.07. The third-order valence-electron chi connectivity index (χ3n) is 5.16. The first kappa shape index (κ1) is 20.5. The lowest BCUT2D eigenvalue weighted by Crippen LogP contribution is -2.13. The Morgan fingerprint density at radius 1 is 1.00 bits per heavy atom. The van der Waals surface area contributed by atoms with E-state index in [1.807, 2.05) is 56.3 Å². The number of aromatic nitrogens is 1. The number of nitro groups is 1. The summed E-state index contributed by atoms with van der Waals surface area (Å²) in [5.41, 5.74) is 5.02. The molecule has 0 aliphatic heterocycles. The Morgan fingerprint density at radius 2 is 1.77 bits per heavy atom. The number of nitrogens with one attached hydrogen (secondary N) is 1. The summed E-state index contributed by atoms with van der Waals surface area (Å²) in [7, 11) is 0. The van der Waals surface area contributed by atoms with Gasteiger partial charge in [0, 0.05) is 22.7 Å². The maximum absolute atomic E-state index is 13.2. The molecule has 0 aliphatic rings. The topological polar surface area (TPSA) is 85.1 Å². The Morgan fingerprint density at radius 3 is 2.52 bits per heavy atom. The summed E-state index contributed by atoms with van der Waals surface area (Å²) >= 11 is 5.87. The van der Waals surface area contributed by atoms with Gasteiger partial charge in [0.25, 0.3) is 11.6 Å². The molecule has 0 fully saturated rings. The van der Waals surface area contributed by atoms with E-state index in [1.54, 1.807) is 6.07 Å². The van der Waals surface area contributed by atoms with E-state index in [2.05, 4.69) is 5.32 Å². The number of hydrogen-bond acceptors (Lipinski definition) is 4. The first-order valence-corrected chi connectivity index (χ1v) is 9.94. The number of carbonyl (C=O) groups is 1. The summed E-state index contributed by atoms with van der Waals surface area (Å²) in [5.74, 6) is -0.389. The zero-order valence-corrected chi connectivity index (χ0v) is 17.6. The second-order valence-corrected chi connectivity index (χ2v) is 7.66. The SMILES string of the molecule is Cc1ccc(-c2cc(C(=O)Nc3ccc(Cl)c([N+](=O)[O-])c3)c3ccccc3n2)cc1C. The van der Waals surface area contributed by atoms with Crippen LogP contribution in [0.4, 0.5) is 11.4 Å². The van der Waals surface area contributed by atoms with Gasteiger partial charge in [-0.2, -0.15) is 0 Å². The summed E-state index contributed by atoms with van der Waals surface area (Å²) in [4.78, 5) is 28.5.